The lowest BCUT2D eigenvalue weighted by Gasteiger charge is -2.18. The van der Waals surface area contributed by atoms with Gasteiger partial charge < -0.3 is 9.47 Å². The molecule has 0 radical (unpaired) electrons. The molecule has 1 aliphatic carbocycles. The number of esters is 1. The molecule has 2 aromatic carbocycles. The smallest absolute Gasteiger partial charge is 0.310 e. The van der Waals surface area contributed by atoms with Crippen LogP contribution in [0.15, 0.2) is 40.9 Å². The van der Waals surface area contributed by atoms with Gasteiger partial charge in [-0.3, -0.25) is 4.79 Å². The van der Waals surface area contributed by atoms with Crippen molar-refractivity contribution in [2.75, 3.05) is 6.61 Å². The third-order valence-electron chi connectivity index (χ3n) is 4.22. The van der Waals surface area contributed by atoms with Crippen LogP contribution in [0, 0.1) is 6.57 Å². The lowest BCUT2D eigenvalue weighted by Crippen LogP contribution is -2.10. The van der Waals surface area contributed by atoms with E-state index in [4.69, 9.17) is 16.0 Å². The average Bonchev–Trinajstić information content (AvgIpc) is 2.98. The van der Waals surface area contributed by atoms with Crippen LogP contribution in [0.5, 0.6) is 5.75 Å². The summed E-state index contributed by atoms with van der Waals surface area (Å²) in [4.78, 5) is 15.3. The summed E-state index contributed by atoms with van der Waals surface area (Å²) in [7, 11) is 0. The fourth-order valence-electron chi connectivity index (χ4n) is 3.05. The van der Waals surface area contributed by atoms with Crippen molar-refractivity contribution in [3.8, 4) is 5.75 Å². The molecule has 4 nitrogen and oxygen atoms in total. The Balaban J connectivity index is 1.88. The minimum absolute atomic E-state index is 0.0746. The second-order valence-electron chi connectivity index (χ2n) is 5.87. The van der Waals surface area contributed by atoms with Gasteiger partial charge in [-0.15, -0.1) is 0 Å². The van der Waals surface area contributed by atoms with E-state index < -0.39 is 0 Å². The van der Waals surface area contributed by atoms with Gasteiger partial charge >= 0.3 is 5.97 Å². The Kier molecular flexibility index (Phi) is 5.40. The Morgan fingerprint density at radius 1 is 1.32 bits per heavy atom. The van der Waals surface area contributed by atoms with Crippen molar-refractivity contribution in [1.29, 1.82) is 0 Å². The van der Waals surface area contributed by atoms with Crippen LogP contribution in [0.25, 0.3) is 4.85 Å². The summed E-state index contributed by atoms with van der Waals surface area (Å²) in [6.07, 6.45) is 1.91. The predicted octanol–water partition coefficient (Wildman–Crippen LogP) is 5.17. The minimum atomic E-state index is -0.294. The molecule has 0 saturated carbocycles. The molecule has 0 bridgehead atoms. The number of aryl methyl sites for hydroxylation is 1. The molecule has 1 aliphatic rings. The summed E-state index contributed by atoms with van der Waals surface area (Å²) in [5.41, 5.74) is 3.68. The molecular formula is C20H18BrNO3. The highest BCUT2D eigenvalue weighted by Gasteiger charge is 2.25. The molecule has 0 saturated heterocycles. The SMILES string of the molecule is [C-]#[N+]c1ccc(CC(=O)OCC)c(O[C@@H]2CCc3ccc(Br)cc32)c1. The number of hydrogen-bond acceptors (Lipinski definition) is 3. The van der Waals surface area contributed by atoms with E-state index in [-0.39, 0.29) is 18.5 Å². The molecule has 0 heterocycles. The highest BCUT2D eigenvalue weighted by Crippen LogP contribution is 2.38. The summed E-state index contributed by atoms with van der Waals surface area (Å²) in [5.74, 6) is 0.289. The number of rotatable bonds is 5. The van der Waals surface area contributed by atoms with Crippen LogP contribution in [0.4, 0.5) is 5.69 Å². The topological polar surface area (TPSA) is 39.9 Å². The number of ether oxygens (including phenoxy) is 2. The van der Waals surface area contributed by atoms with Gasteiger partial charge in [0, 0.05) is 10.0 Å². The third-order valence-corrected chi connectivity index (χ3v) is 4.71. The summed E-state index contributed by atoms with van der Waals surface area (Å²) in [5, 5.41) is 0. The number of nitrogens with zero attached hydrogens (tertiary/aromatic N) is 1. The first-order chi connectivity index (χ1) is 12.1. The Morgan fingerprint density at radius 2 is 2.16 bits per heavy atom. The van der Waals surface area contributed by atoms with Crippen LogP contribution in [-0.4, -0.2) is 12.6 Å². The van der Waals surface area contributed by atoms with Gasteiger partial charge in [0.1, 0.15) is 11.9 Å². The largest absolute Gasteiger partial charge is 0.487 e. The van der Waals surface area contributed by atoms with E-state index >= 15 is 0 Å². The van der Waals surface area contributed by atoms with E-state index in [1.807, 2.05) is 6.07 Å². The molecule has 1 atom stereocenters. The fraction of sp³-hybridized carbons (Fsp3) is 0.300. The second kappa shape index (κ2) is 7.71. The van der Waals surface area contributed by atoms with Gasteiger partial charge in [-0.2, -0.15) is 0 Å². The standard InChI is InChI=1S/C20H18BrNO3/c1-3-24-20(23)10-14-5-8-16(22-2)12-19(14)25-18-9-6-13-4-7-15(21)11-17(13)18/h4-5,7-8,11-12,18H,3,6,9-10H2,1H3/t18-/m1/s1. The van der Waals surface area contributed by atoms with Crippen LogP contribution in [0.2, 0.25) is 0 Å². The van der Waals surface area contributed by atoms with Crippen molar-refractivity contribution in [2.45, 2.75) is 32.3 Å². The summed E-state index contributed by atoms with van der Waals surface area (Å²) < 4.78 is 12.3. The van der Waals surface area contributed by atoms with Gasteiger partial charge in [0.05, 0.1) is 19.6 Å². The number of hydrogen-bond donors (Lipinski definition) is 0. The normalized spacial score (nSPS) is 15.3. The molecule has 0 fully saturated rings. The van der Waals surface area contributed by atoms with Crippen LogP contribution in [0.1, 0.15) is 36.1 Å². The molecule has 0 spiro atoms. The van der Waals surface area contributed by atoms with Crippen molar-refractivity contribution in [2.24, 2.45) is 0 Å². The quantitative estimate of drug-likeness (QED) is 0.514. The molecule has 0 aromatic heterocycles. The van der Waals surface area contributed by atoms with E-state index in [1.54, 1.807) is 25.1 Å². The van der Waals surface area contributed by atoms with Gasteiger partial charge in [-0.25, -0.2) is 4.85 Å². The predicted molar refractivity (Wildman–Crippen MR) is 98.9 cm³/mol. The Hall–Kier alpha value is -2.32. The molecule has 0 unspecified atom stereocenters. The van der Waals surface area contributed by atoms with Crippen LogP contribution >= 0.6 is 15.9 Å². The number of halogens is 1. The maximum atomic E-state index is 11.9. The minimum Gasteiger partial charge on any atom is -0.487 e. The first-order valence-corrected chi connectivity index (χ1v) is 9.01. The van der Waals surface area contributed by atoms with E-state index in [9.17, 15) is 4.79 Å². The van der Waals surface area contributed by atoms with E-state index in [2.05, 4.69) is 32.9 Å². The van der Waals surface area contributed by atoms with Gasteiger partial charge in [-0.05, 0) is 49.1 Å². The lowest BCUT2D eigenvalue weighted by molar-refractivity contribution is -0.142. The molecule has 3 rings (SSSR count). The Labute approximate surface area is 155 Å². The van der Waals surface area contributed by atoms with Gasteiger partial charge in [0.2, 0.25) is 0 Å². The maximum absolute atomic E-state index is 11.9. The first kappa shape index (κ1) is 17.5. The van der Waals surface area contributed by atoms with Gasteiger partial charge in [0.15, 0.2) is 5.69 Å². The summed E-state index contributed by atoms with van der Waals surface area (Å²) in [6.45, 7) is 9.35. The van der Waals surface area contributed by atoms with Crippen LogP contribution < -0.4 is 4.74 Å². The first-order valence-electron chi connectivity index (χ1n) is 8.21. The van der Waals surface area contributed by atoms with Crippen LogP contribution in [0.3, 0.4) is 0 Å². The monoisotopic (exact) mass is 399 g/mol. The van der Waals surface area contributed by atoms with E-state index in [1.165, 1.54) is 5.56 Å². The van der Waals surface area contributed by atoms with Gasteiger partial charge in [-0.1, -0.05) is 34.1 Å². The molecular weight excluding hydrogens is 382 g/mol. The zero-order chi connectivity index (χ0) is 17.8. The van der Waals surface area contributed by atoms with Crippen molar-refractivity contribution in [3.05, 3.63) is 69.0 Å². The number of benzene rings is 2. The molecule has 2 aromatic rings. The number of carbonyl (C=O) groups is 1. The summed E-state index contributed by atoms with van der Waals surface area (Å²) in [6, 6.07) is 11.4. The van der Waals surface area contributed by atoms with Crippen molar-refractivity contribution in [1.82, 2.24) is 0 Å². The Bertz CT molecular complexity index is 841. The number of carbonyl (C=O) groups excluding carboxylic acids is 1. The van der Waals surface area contributed by atoms with Crippen molar-refractivity contribution >= 4 is 27.6 Å². The number of fused-ring (bicyclic) bond motifs is 1. The molecule has 128 valence electrons. The maximum Gasteiger partial charge on any atom is 0.310 e. The lowest BCUT2D eigenvalue weighted by atomic mass is 10.1. The van der Waals surface area contributed by atoms with Crippen molar-refractivity contribution < 1.29 is 14.3 Å². The van der Waals surface area contributed by atoms with Gasteiger partial charge in [0.25, 0.3) is 0 Å². The molecule has 25 heavy (non-hydrogen) atoms. The fourth-order valence-corrected chi connectivity index (χ4v) is 3.43. The molecule has 5 heteroatoms. The average molecular weight is 400 g/mol. The zero-order valence-corrected chi connectivity index (χ0v) is 15.5. The van der Waals surface area contributed by atoms with Crippen molar-refractivity contribution in [3.63, 3.8) is 0 Å². The third kappa shape index (κ3) is 4.02. The highest BCUT2D eigenvalue weighted by molar-refractivity contribution is 9.10. The molecule has 0 N–H and O–H groups in total. The van der Waals surface area contributed by atoms with E-state index in [0.717, 1.165) is 28.4 Å². The highest BCUT2D eigenvalue weighted by atomic mass is 79.9. The molecule has 0 amide bonds. The van der Waals surface area contributed by atoms with E-state index in [0.29, 0.717) is 18.0 Å². The summed E-state index contributed by atoms with van der Waals surface area (Å²) >= 11 is 3.51. The second-order valence-corrected chi connectivity index (χ2v) is 6.79. The molecule has 0 aliphatic heterocycles. The van der Waals surface area contributed by atoms with Crippen LogP contribution in [-0.2, 0) is 22.4 Å². The zero-order valence-electron chi connectivity index (χ0n) is 13.9. The Morgan fingerprint density at radius 3 is 2.92 bits per heavy atom.